The van der Waals surface area contributed by atoms with Crippen molar-refractivity contribution >= 4 is 5.97 Å². The van der Waals surface area contributed by atoms with Gasteiger partial charge in [-0.3, -0.25) is 9.69 Å². The predicted molar refractivity (Wildman–Crippen MR) is 52.1 cm³/mol. The SMILES string of the molecule is CCC1CCCN1CC(C(=O)O)C(F)(F)F. The molecule has 1 aliphatic heterocycles. The molecule has 1 heterocycles. The van der Waals surface area contributed by atoms with Crippen LogP contribution in [0.3, 0.4) is 0 Å². The number of likely N-dealkylation sites (tertiary alicyclic amines) is 1. The van der Waals surface area contributed by atoms with Crippen LogP contribution in [-0.2, 0) is 4.79 Å². The summed E-state index contributed by atoms with van der Waals surface area (Å²) in [6.07, 6.45) is -2.18. The van der Waals surface area contributed by atoms with Gasteiger partial charge in [-0.25, -0.2) is 0 Å². The van der Waals surface area contributed by atoms with Crippen LogP contribution in [0.25, 0.3) is 0 Å². The van der Waals surface area contributed by atoms with E-state index in [1.807, 2.05) is 6.92 Å². The summed E-state index contributed by atoms with van der Waals surface area (Å²) < 4.78 is 37.3. The van der Waals surface area contributed by atoms with Gasteiger partial charge in [0.2, 0.25) is 0 Å². The fourth-order valence-corrected chi connectivity index (χ4v) is 2.15. The van der Waals surface area contributed by atoms with Gasteiger partial charge < -0.3 is 5.11 Å². The number of carboxylic acid groups (broad SMARTS) is 1. The average molecular weight is 239 g/mol. The smallest absolute Gasteiger partial charge is 0.403 e. The molecule has 1 fully saturated rings. The Balaban J connectivity index is 2.65. The van der Waals surface area contributed by atoms with E-state index in [9.17, 15) is 18.0 Å². The van der Waals surface area contributed by atoms with E-state index in [-0.39, 0.29) is 6.04 Å². The number of nitrogens with zero attached hydrogens (tertiary/aromatic N) is 1. The third-order valence-corrected chi connectivity index (χ3v) is 3.08. The molecule has 0 aliphatic carbocycles. The molecular formula is C10H16F3NO2. The van der Waals surface area contributed by atoms with Crippen molar-refractivity contribution in [2.45, 2.75) is 38.4 Å². The molecule has 1 N–H and O–H groups in total. The molecule has 94 valence electrons. The standard InChI is InChI=1S/C10H16F3NO2/c1-2-7-4-3-5-14(7)6-8(9(15)16)10(11,12)13/h7-8H,2-6H2,1H3,(H,15,16). The van der Waals surface area contributed by atoms with Crippen molar-refractivity contribution in [2.24, 2.45) is 5.92 Å². The Morgan fingerprint density at radius 1 is 1.56 bits per heavy atom. The molecule has 2 atom stereocenters. The summed E-state index contributed by atoms with van der Waals surface area (Å²) in [7, 11) is 0. The molecule has 1 saturated heterocycles. The van der Waals surface area contributed by atoms with Gasteiger partial charge in [0.25, 0.3) is 0 Å². The summed E-state index contributed by atoms with van der Waals surface area (Å²) in [4.78, 5) is 12.2. The van der Waals surface area contributed by atoms with E-state index in [0.29, 0.717) is 6.54 Å². The molecule has 0 aromatic heterocycles. The quantitative estimate of drug-likeness (QED) is 0.817. The molecule has 1 rings (SSSR count). The molecule has 0 aromatic rings. The van der Waals surface area contributed by atoms with Crippen LogP contribution in [0.5, 0.6) is 0 Å². The summed E-state index contributed by atoms with van der Waals surface area (Å²) in [5, 5.41) is 8.58. The summed E-state index contributed by atoms with van der Waals surface area (Å²) >= 11 is 0. The van der Waals surface area contributed by atoms with Crippen molar-refractivity contribution in [1.82, 2.24) is 4.90 Å². The zero-order chi connectivity index (χ0) is 12.3. The lowest BCUT2D eigenvalue weighted by atomic mass is 10.1. The lowest BCUT2D eigenvalue weighted by Crippen LogP contribution is -2.43. The van der Waals surface area contributed by atoms with E-state index >= 15 is 0 Å². The zero-order valence-corrected chi connectivity index (χ0v) is 9.13. The Kier molecular flexibility index (Phi) is 4.18. The molecule has 16 heavy (non-hydrogen) atoms. The first-order chi connectivity index (χ1) is 7.36. The van der Waals surface area contributed by atoms with Crippen LogP contribution in [-0.4, -0.2) is 41.3 Å². The maximum absolute atomic E-state index is 12.4. The highest BCUT2D eigenvalue weighted by atomic mass is 19.4. The molecule has 0 amide bonds. The molecule has 0 radical (unpaired) electrons. The normalized spacial score (nSPS) is 24.6. The van der Waals surface area contributed by atoms with E-state index in [2.05, 4.69) is 0 Å². The van der Waals surface area contributed by atoms with E-state index in [1.54, 1.807) is 4.90 Å². The number of carboxylic acids is 1. The first kappa shape index (κ1) is 13.3. The van der Waals surface area contributed by atoms with Gasteiger partial charge in [0, 0.05) is 12.6 Å². The highest BCUT2D eigenvalue weighted by Gasteiger charge is 2.46. The molecule has 6 heteroatoms. The molecule has 3 nitrogen and oxygen atoms in total. The first-order valence-electron chi connectivity index (χ1n) is 5.39. The van der Waals surface area contributed by atoms with Crippen molar-refractivity contribution in [3.8, 4) is 0 Å². The second kappa shape index (κ2) is 5.03. The lowest BCUT2D eigenvalue weighted by Gasteiger charge is -2.27. The first-order valence-corrected chi connectivity index (χ1v) is 5.39. The van der Waals surface area contributed by atoms with Gasteiger partial charge in [-0.2, -0.15) is 13.2 Å². The Bertz CT molecular complexity index is 255. The van der Waals surface area contributed by atoms with Gasteiger partial charge in [0.1, 0.15) is 0 Å². The van der Waals surface area contributed by atoms with Crippen LogP contribution < -0.4 is 0 Å². The number of rotatable bonds is 4. The van der Waals surface area contributed by atoms with Crippen LogP contribution >= 0.6 is 0 Å². The Morgan fingerprint density at radius 2 is 2.19 bits per heavy atom. The second-order valence-corrected chi connectivity index (χ2v) is 4.13. The Morgan fingerprint density at radius 3 is 2.62 bits per heavy atom. The maximum atomic E-state index is 12.4. The van der Waals surface area contributed by atoms with Crippen LogP contribution in [0.15, 0.2) is 0 Å². The third kappa shape index (κ3) is 3.10. The fourth-order valence-electron chi connectivity index (χ4n) is 2.15. The van der Waals surface area contributed by atoms with Gasteiger partial charge in [0.05, 0.1) is 0 Å². The van der Waals surface area contributed by atoms with Gasteiger partial charge in [-0.1, -0.05) is 6.92 Å². The zero-order valence-electron chi connectivity index (χ0n) is 9.13. The van der Waals surface area contributed by atoms with E-state index in [1.165, 1.54) is 0 Å². The van der Waals surface area contributed by atoms with Crippen molar-refractivity contribution < 1.29 is 23.1 Å². The Hall–Kier alpha value is -0.780. The van der Waals surface area contributed by atoms with Gasteiger partial charge in [0.15, 0.2) is 5.92 Å². The van der Waals surface area contributed by atoms with Crippen molar-refractivity contribution in [3.63, 3.8) is 0 Å². The fraction of sp³-hybridized carbons (Fsp3) is 0.900. The minimum atomic E-state index is -4.66. The number of halogens is 3. The highest BCUT2D eigenvalue weighted by molar-refractivity contribution is 5.71. The molecule has 0 saturated carbocycles. The maximum Gasteiger partial charge on any atom is 0.403 e. The van der Waals surface area contributed by atoms with Gasteiger partial charge >= 0.3 is 12.1 Å². The van der Waals surface area contributed by atoms with Gasteiger partial charge in [-0.15, -0.1) is 0 Å². The molecule has 2 unspecified atom stereocenters. The van der Waals surface area contributed by atoms with Crippen LogP contribution in [0.4, 0.5) is 13.2 Å². The summed E-state index contributed by atoms with van der Waals surface area (Å²) in [5.41, 5.74) is 0. The average Bonchev–Trinajstić information content (AvgIpc) is 2.58. The van der Waals surface area contributed by atoms with E-state index in [0.717, 1.165) is 19.3 Å². The molecule has 0 spiro atoms. The van der Waals surface area contributed by atoms with E-state index in [4.69, 9.17) is 5.11 Å². The minimum absolute atomic E-state index is 0.101. The highest BCUT2D eigenvalue weighted by Crippen LogP contribution is 2.30. The summed E-state index contributed by atoms with van der Waals surface area (Å²) in [6, 6.07) is 0.101. The second-order valence-electron chi connectivity index (χ2n) is 4.13. The summed E-state index contributed by atoms with van der Waals surface area (Å²) in [5.74, 6) is -4.05. The Labute approximate surface area is 92.2 Å². The van der Waals surface area contributed by atoms with Crippen molar-refractivity contribution in [1.29, 1.82) is 0 Å². The van der Waals surface area contributed by atoms with Crippen LogP contribution in [0.2, 0.25) is 0 Å². The third-order valence-electron chi connectivity index (χ3n) is 3.08. The molecule has 1 aliphatic rings. The number of hydrogen-bond donors (Lipinski definition) is 1. The van der Waals surface area contributed by atoms with Gasteiger partial charge in [-0.05, 0) is 25.8 Å². The molecular weight excluding hydrogens is 223 g/mol. The van der Waals surface area contributed by atoms with Crippen LogP contribution in [0.1, 0.15) is 26.2 Å². The van der Waals surface area contributed by atoms with E-state index < -0.39 is 24.6 Å². The molecule has 0 bridgehead atoms. The predicted octanol–water partition coefficient (Wildman–Crippen LogP) is 2.12. The minimum Gasteiger partial charge on any atom is -0.481 e. The van der Waals surface area contributed by atoms with Crippen molar-refractivity contribution in [3.05, 3.63) is 0 Å². The summed E-state index contributed by atoms with van der Waals surface area (Å²) in [6.45, 7) is 2.06. The van der Waals surface area contributed by atoms with Crippen LogP contribution in [0, 0.1) is 5.92 Å². The largest absolute Gasteiger partial charge is 0.481 e. The molecule has 0 aromatic carbocycles. The lowest BCUT2D eigenvalue weighted by molar-refractivity contribution is -0.196. The number of aliphatic carboxylic acids is 1. The number of hydrogen-bond acceptors (Lipinski definition) is 2. The topological polar surface area (TPSA) is 40.5 Å². The monoisotopic (exact) mass is 239 g/mol. The number of alkyl halides is 3. The van der Waals surface area contributed by atoms with Crippen molar-refractivity contribution in [2.75, 3.05) is 13.1 Å². The number of carbonyl (C=O) groups is 1.